The first-order chi connectivity index (χ1) is 13.4. The normalized spacial score (nSPS) is 29.4. The number of rotatable bonds is 6. The average Bonchev–Trinajstić information content (AvgIpc) is 3.04. The van der Waals surface area contributed by atoms with Crippen LogP contribution in [0.4, 0.5) is 0 Å². The number of aliphatic hydroxyl groups excluding tert-OH is 1. The molecule has 1 aromatic carbocycles. The van der Waals surface area contributed by atoms with Crippen LogP contribution in [0.25, 0.3) is 0 Å². The van der Waals surface area contributed by atoms with Crippen LogP contribution in [0, 0.1) is 5.92 Å². The zero-order chi connectivity index (χ0) is 20.0. The molecule has 0 saturated carbocycles. The van der Waals surface area contributed by atoms with E-state index in [1.54, 1.807) is 12.1 Å². The van der Waals surface area contributed by atoms with Crippen LogP contribution in [-0.4, -0.2) is 59.4 Å². The van der Waals surface area contributed by atoms with Gasteiger partial charge in [-0.05, 0) is 38.6 Å². The van der Waals surface area contributed by atoms with Crippen molar-refractivity contribution in [2.45, 2.75) is 49.9 Å². The van der Waals surface area contributed by atoms with E-state index < -0.39 is 24.1 Å². The lowest BCUT2D eigenvalue weighted by atomic mass is 9.67. The summed E-state index contributed by atoms with van der Waals surface area (Å²) in [5.41, 5.74) is 2.19. The Balaban J connectivity index is 1.62. The van der Waals surface area contributed by atoms with Crippen LogP contribution in [0.5, 0.6) is 11.5 Å². The molecule has 4 rings (SSSR count). The van der Waals surface area contributed by atoms with Gasteiger partial charge < -0.3 is 24.6 Å². The van der Waals surface area contributed by atoms with E-state index in [0.717, 1.165) is 17.5 Å². The van der Waals surface area contributed by atoms with Crippen LogP contribution in [0.3, 0.4) is 0 Å². The summed E-state index contributed by atoms with van der Waals surface area (Å²) in [5.74, 6) is -0.272. The summed E-state index contributed by atoms with van der Waals surface area (Å²) in [6, 6.07) is 4.03. The van der Waals surface area contributed by atoms with Gasteiger partial charge in [-0.3, -0.25) is 9.59 Å². The highest BCUT2D eigenvalue weighted by atomic mass is 16.6. The number of ether oxygens (including phenoxy) is 2. The summed E-state index contributed by atoms with van der Waals surface area (Å²) in [6.45, 7) is 0. The van der Waals surface area contributed by atoms with Gasteiger partial charge in [-0.15, -0.1) is 0 Å². The molecule has 1 aromatic rings. The first-order valence-electron chi connectivity index (χ1n) is 9.64. The molecule has 7 nitrogen and oxygen atoms in total. The molecule has 28 heavy (non-hydrogen) atoms. The molecule has 0 saturated heterocycles. The third-order valence-electron chi connectivity index (χ3n) is 6.01. The third-order valence-corrected chi connectivity index (χ3v) is 6.01. The van der Waals surface area contributed by atoms with Crippen molar-refractivity contribution in [2.24, 2.45) is 5.92 Å². The first kappa shape index (κ1) is 19.0. The van der Waals surface area contributed by atoms with Crippen LogP contribution in [0.2, 0.25) is 0 Å². The van der Waals surface area contributed by atoms with Crippen molar-refractivity contribution in [3.05, 3.63) is 35.4 Å². The van der Waals surface area contributed by atoms with Gasteiger partial charge in [0.15, 0.2) is 11.5 Å². The summed E-state index contributed by atoms with van der Waals surface area (Å²) in [6.07, 6.45) is 3.85. The van der Waals surface area contributed by atoms with Crippen LogP contribution in [0.15, 0.2) is 24.3 Å². The van der Waals surface area contributed by atoms with Gasteiger partial charge in [-0.1, -0.05) is 18.2 Å². The van der Waals surface area contributed by atoms with Gasteiger partial charge in [0.05, 0.1) is 0 Å². The molecule has 0 amide bonds. The molecule has 150 valence electrons. The lowest BCUT2D eigenvalue weighted by Crippen LogP contribution is -2.48. The summed E-state index contributed by atoms with van der Waals surface area (Å²) in [7, 11) is 4.13. The largest absolute Gasteiger partial charge is 0.482 e. The predicted octanol–water partition coefficient (Wildman–Crippen LogP) is 1.72. The third kappa shape index (κ3) is 3.18. The first-order valence-corrected chi connectivity index (χ1v) is 9.64. The molecule has 1 unspecified atom stereocenters. The fraction of sp³-hybridized carbons (Fsp3) is 0.524. The number of hydrogen-bond donors (Lipinski definition) is 2. The maximum absolute atomic E-state index is 12.1. The number of hydrogen-bond acceptors (Lipinski definition) is 6. The number of aliphatic carboxylic acids is 1. The second kappa shape index (κ2) is 7.22. The molecule has 0 spiro atoms. The van der Waals surface area contributed by atoms with Crippen molar-refractivity contribution in [3.63, 3.8) is 0 Å². The van der Waals surface area contributed by atoms with E-state index in [1.807, 2.05) is 6.07 Å². The smallest absolute Gasteiger partial charge is 0.311 e. The molecule has 2 aliphatic carbocycles. The van der Waals surface area contributed by atoms with Crippen molar-refractivity contribution < 1.29 is 29.3 Å². The van der Waals surface area contributed by atoms with Crippen molar-refractivity contribution in [2.75, 3.05) is 14.1 Å². The molecular weight excluding hydrogens is 362 g/mol. The van der Waals surface area contributed by atoms with E-state index in [1.165, 1.54) is 0 Å². The second-order valence-electron chi connectivity index (χ2n) is 7.98. The molecular formula is C21H25NO6. The number of carbonyl (C=O) groups is 2. The van der Waals surface area contributed by atoms with Gasteiger partial charge in [0.1, 0.15) is 12.2 Å². The minimum atomic E-state index is -0.935. The van der Waals surface area contributed by atoms with E-state index in [0.29, 0.717) is 17.5 Å². The second-order valence-corrected chi connectivity index (χ2v) is 7.98. The van der Waals surface area contributed by atoms with Crippen LogP contribution in [0.1, 0.15) is 36.3 Å². The van der Waals surface area contributed by atoms with Crippen molar-refractivity contribution in [1.82, 2.24) is 4.90 Å². The minimum Gasteiger partial charge on any atom is -0.482 e. The Morgan fingerprint density at radius 2 is 2.04 bits per heavy atom. The number of aliphatic hydroxyl groups is 1. The Labute approximate surface area is 163 Å². The zero-order valence-electron chi connectivity index (χ0n) is 16.0. The Hall–Kier alpha value is -2.38. The lowest BCUT2D eigenvalue weighted by molar-refractivity contribution is -0.137. The standard InChI is InChI=1S/C21H25NO6/c1-22(2)13-10-11-6-9-15(27-17(26)5-3-4-16(24)25)21-18(11)19-12(13)7-8-14(23)20(19)28-21/h6-9,12-14,19-20,23H,3-5,10H2,1-2H3,(H,24,25)/t12-,13+,14-,19?,20-/m0/s1. The summed E-state index contributed by atoms with van der Waals surface area (Å²) < 4.78 is 11.6. The molecule has 0 radical (unpaired) electrons. The molecule has 0 bridgehead atoms. The van der Waals surface area contributed by atoms with Crippen LogP contribution >= 0.6 is 0 Å². The van der Waals surface area contributed by atoms with Gasteiger partial charge in [0, 0.05) is 36.3 Å². The number of carboxylic acids is 1. The topological polar surface area (TPSA) is 96.3 Å². The van der Waals surface area contributed by atoms with Gasteiger partial charge in [0.2, 0.25) is 0 Å². The van der Waals surface area contributed by atoms with E-state index >= 15 is 0 Å². The van der Waals surface area contributed by atoms with E-state index in [4.69, 9.17) is 14.6 Å². The van der Waals surface area contributed by atoms with Crippen molar-refractivity contribution >= 4 is 11.9 Å². The molecule has 5 atom stereocenters. The molecule has 1 aliphatic heterocycles. The summed E-state index contributed by atoms with van der Waals surface area (Å²) in [4.78, 5) is 25.0. The fourth-order valence-corrected chi connectivity index (χ4v) is 4.72. The molecule has 1 heterocycles. The predicted molar refractivity (Wildman–Crippen MR) is 101 cm³/mol. The molecule has 3 aliphatic rings. The lowest BCUT2D eigenvalue weighted by Gasteiger charge is -2.43. The van der Waals surface area contributed by atoms with Crippen molar-refractivity contribution in [1.29, 1.82) is 0 Å². The Kier molecular flexibility index (Phi) is 4.89. The van der Waals surface area contributed by atoms with E-state index in [9.17, 15) is 14.7 Å². The zero-order valence-corrected chi connectivity index (χ0v) is 16.0. The average molecular weight is 387 g/mol. The van der Waals surface area contributed by atoms with Crippen LogP contribution in [-0.2, 0) is 16.0 Å². The number of nitrogens with zero attached hydrogens (tertiary/aromatic N) is 1. The van der Waals surface area contributed by atoms with Gasteiger partial charge >= 0.3 is 11.9 Å². The molecule has 0 fully saturated rings. The number of esters is 1. The molecule has 0 aromatic heterocycles. The Bertz CT molecular complexity index is 832. The molecule has 2 N–H and O–H groups in total. The summed E-state index contributed by atoms with van der Waals surface area (Å²) >= 11 is 0. The van der Waals surface area contributed by atoms with Gasteiger partial charge in [-0.25, -0.2) is 0 Å². The minimum absolute atomic E-state index is 0.0248. The van der Waals surface area contributed by atoms with Gasteiger partial charge in [-0.2, -0.15) is 0 Å². The number of likely N-dealkylation sites (N-methyl/N-ethyl adjacent to an activating group) is 1. The number of benzene rings is 1. The highest BCUT2D eigenvalue weighted by Crippen LogP contribution is 2.55. The maximum Gasteiger partial charge on any atom is 0.311 e. The van der Waals surface area contributed by atoms with Gasteiger partial charge in [0.25, 0.3) is 0 Å². The van der Waals surface area contributed by atoms with E-state index in [2.05, 4.69) is 25.1 Å². The summed E-state index contributed by atoms with van der Waals surface area (Å²) in [5, 5.41) is 19.2. The Morgan fingerprint density at radius 1 is 1.25 bits per heavy atom. The monoisotopic (exact) mass is 387 g/mol. The van der Waals surface area contributed by atoms with Crippen molar-refractivity contribution in [3.8, 4) is 11.5 Å². The van der Waals surface area contributed by atoms with Crippen LogP contribution < -0.4 is 9.47 Å². The fourth-order valence-electron chi connectivity index (χ4n) is 4.72. The quantitative estimate of drug-likeness (QED) is 0.436. The maximum atomic E-state index is 12.1. The number of carbonyl (C=O) groups excluding carboxylic acids is 1. The molecule has 7 heteroatoms. The highest BCUT2D eigenvalue weighted by molar-refractivity contribution is 5.75. The van der Waals surface area contributed by atoms with E-state index in [-0.39, 0.29) is 31.1 Å². The SMILES string of the molecule is CN(C)[C@@H]1Cc2ccc(OC(=O)CCCC(=O)O)c3c2C2[C@H]1C=C[C@H](O)[C@@H]2O3. The Morgan fingerprint density at radius 3 is 2.75 bits per heavy atom. The highest BCUT2D eigenvalue weighted by Gasteiger charge is 2.51. The number of carboxylic acid groups (broad SMARTS) is 1.